The molecule has 0 fully saturated rings. The van der Waals surface area contributed by atoms with E-state index in [1.54, 1.807) is 0 Å². The molecule has 0 spiro atoms. The summed E-state index contributed by atoms with van der Waals surface area (Å²) in [5, 5.41) is 9.02. The zero-order valence-corrected chi connectivity index (χ0v) is 10.1. The van der Waals surface area contributed by atoms with E-state index in [0.717, 1.165) is 11.4 Å². The average molecular weight is 224 g/mol. The van der Waals surface area contributed by atoms with Gasteiger partial charge in [0.15, 0.2) is 0 Å². The number of nitrogens with zero attached hydrogens (tertiary/aromatic N) is 3. The van der Waals surface area contributed by atoms with E-state index < -0.39 is 0 Å². The molecule has 0 saturated heterocycles. The molecule has 3 N–H and O–H groups in total. The van der Waals surface area contributed by atoms with Crippen LogP contribution in [0.5, 0.6) is 0 Å². The molecule has 0 bridgehead atoms. The fourth-order valence-corrected chi connectivity index (χ4v) is 1.55. The van der Waals surface area contributed by atoms with Crippen LogP contribution in [-0.2, 0) is 6.54 Å². The third kappa shape index (κ3) is 3.15. The summed E-state index contributed by atoms with van der Waals surface area (Å²) in [6.07, 6.45) is 0. The summed E-state index contributed by atoms with van der Waals surface area (Å²) in [6.45, 7) is 7.04. The van der Waals surface area contributed by atoms with Crippen LogP contribution >= 0.6 is 0 Å². The minimum Gasteiger partial charge on any atom is -0.395 e. The van der Waals surface area contributed by atoms with E-state index in [4.69, 9.17) is 10.8 Å². The molecule has 0 unspecified atom stereocenters. The Kier molecular flexibility index (Phi) is 4.64. The molecule has 5 nitrogen and oxygen atoms in total. The van der Waals surface area contributed by atoms with Crippen LogP contribution in [0.2, 0.25) is 0 Å². The summed E-state index contributed by atoms with van der Waals surface area (Å²) in [7, 11) is 0. The van der Waals surface area contributed by atoms with Gasteiger partial charge in [-0.1, -0.05) is 0 Å². The number of aromatic nitrogens is 2. The van der Waals surface area contributed by atoms with E-state index in [1.807, 2.05) is 31.7 Å². The number of aliphatic hydroxyl groups excluding tert-OH is 1. The lowest BCUT2D eigenvalue weighted by Crippen LogP contribution is -2.35. The van der Waals surface area contributed by atoms with Crippen molar-refractivity contribution in [3.63, 3.8) is 0 Å². The van der Waals surface area contributed by atoms with Gasteiger partial charge in [0, 0.05) is 24.8 Å². The second-order valence-electron chi connectivity index (χ2n) is 4.02. The van der Waals surface area contributed by atoms with Gasteiger partial charge in [-0.05, 0) is 26.8 Å². The van der Waals surface area contributed by atoms with Crippen molar-refractivity contribution in [2.24, 2.45) is 5.73 Å². The molecule has 0 aliphatic carbocycles. The topological polar surface area (TPSA) is 75.3 Å². The lowest BCUT2D eigenvalue weighted by molar-refractivity contribution is 0.298. The first-order valence-corrected chi connectivity index (χ1v) is 5.50. The van der Waals surface area contributed by atoms with Gasteiger partial charge in [0.25, 0.3) is 0 Å². The molecule has 0 amide bonds. The van der Waals surface area contributed by atoms with Crippen molar-refractivity contribution in [2.45, 2.75) is 33.4 Å². The van der Waals surface area contributed by atoms with Crippen molar-refractivity contribution in [3.8, 4) is 0 Å². The Balaban J connectivity index is 3.03. The smallest absolute Gasteiger partial charge is 0.226 e. The summed E-state index contributed by atoms with van der Waals surface area (Å²) in [4.78, 5) is 10.7. The number of hydrogen-bond donors (Lipinski definition) is 2. The molecule has 16 heavy (non-hydrogen) atoms. The summed E-state index contributed by atoms with van der Waals surface area (Å²) in [6, 6.07) is 2.13. The van der Waals surface area contributed by atoms with Crippen LogP contribution < -0.4 is 10.6 Å². The number of rotatable bonds is 5. The molecule has 0 aliphatic rings. The molecule has 0 radical (unpaired) electrons. The summed E-state index contributed by atoms with van der Waals surface area (Å²) in [5.74, 6) is 0.643. The average Bonchev–Trinajstić information content (AvgIpc) is 2.24. The Hall–Kier alpha value is -1.20. The van der Waals surface area contributed by atoms with Gasteiger partial charge in [0.1, 0.15) is 0 Å². The van der Waals surface area contributed by atoms with Crippen LogP contribution in [0.25, 0.3) is 0 Å². The van der Waals surface area contributed by atoms with E-state index in [-0.39, 0.29) is 12.6 Å². The van der Waals surface area contributed by atoms with Crippen LogP contribution in [-0.4, -0.2) is 34.3 Å². The quantitative estimate of drug-likeness (QED) is 0.759. The van der Waals surface area contributed by atoms with Gasteiger partial charge in [-0.2, -0.15) is 0 Å². The van der Waals surface area contributed by atoms with Crippen molar-refractivity contribution in [1.29, 1.82) is 0 Å². The molecule has 0 saturated carbocycles. The first kappa shape index (κ1) is 12.9. The Morgan fingerprint density at radius 1 is 1.44 bits per heavy atom. The van der Waals surface area contributed by atoms with E-state index in [9.17, 15) is 0 Å². The predicted octanol–water partition coefficient (Wildman–Crippen LogP) is 0.451. The zero-order chi connectivity index (χ0) is 12.1. The fourth-order valence-electron chi connectivity index (χ4n) is 1.55. The maximum atomic E-state index is 9.02. The maximum absolute atomic E-state index is 9.02. The molecule has 1 aromatic heterocycles. The van der Waals surface area contributed by atoms with Crippen LogP contribution in [0.15, 0.2) is 6.07 Å². The zero-order valence-electron chi connectivity index (χ0n) is 10.1. The Morgan fingerprint density at radius 3 is 2.62 bits per heavy atom. The molecule has 0 aromatic carbocycles. The lowest BCUT2D eigenvalue weighted by atomic mass is 10.3. The number of aliphatic hydroxyl groups is 1. The molecule has 1 aromatic rings. The van der Waals surface area contributed by atoms with E-state index in [1.165, 1.54) is 0 Å². The number of nitrogens with two attached hydrogens (primary N) is 1. The van der Waals surface area contributed by atoms with Crippen LogP contribution in [0.1, 0.15) is 25.2 Å². The van der Waals surface area contributed by atoms with Crippen molar-refractivity contribution in [1.82, 2.24) is 9.97 Å². The minimum absolute atomic E-state index is 0.0907. The van der Waals surface area contributed by atoms with Crippen LogP contribution in [0, 0.1) is 6.92 Å². The summed E-state index contributed by atoms with van der Waals surface area (Å²) < 4.78 is 0. The molecular weight excluding hydrogens is 204 g/mol. The predicted molar refractivity (Wildman–Crippen MR) is 64.2 cm³/mol. The first-order valence-electron chi connectivity index (χ1n) is 5.50. The van der Waals surface area contributed by atoms with Crippen molar-refractivity contribution in [2.75, 3.05) is 18.1 Å². The van der Waals surface area contributed by atoms with E-state index in [0.29, 0.717) is 19.0 Å². The first-order chi connectivity index (χ1) is 7.58. The van der Waals surface area contributed by atoms with Gasteiger partial charge >= 0.3 is 0 Å². The highest BCUT2D eigenvalue weighted by atomic mass is 16.3. The molecule has 1 heterocycles. The number of hydrogen-bond acceptors (Lipinski definition) is 5. The van der Waals surface area contributed by atoms with Crippen LogP contribution in [0.3, 0.4) is 0 Å². The van der Waals surface area contributed by atoms with Crippen molar-refractivity contribution < 1.29 is 5.11 Å². The highest BCUT2D eigenvalue weighted by Crippen LogP contribution is 2.12. The summed E-state index contributed by atoms with van der Waals surface area (Å²) >= 11 is 0. The van der Waals surface area contributed by atoms with Gasteiger partial charge in [0.2, 0.25) is 5.95 Å². The molecule has 0 aliphatic heterocycles. The Labute approximate surface area is 96.3 Å². The monoisotopic (exact) mass is 224 g/mol. The maximum Gasteiger partial charge on any atom is 0.226 e. The molecular formula is C11H20N4O. The van der Waals surface area contributed by atoms with Crippen LogP contribution in [0.4, 0.5) is 5.95 Å². The molecule has 0 atom stereocenters. The lowest BCUT2D eigenvalue weighted by Gasteiger charge is -2.26. The van der Waals surface area contributed by atoms with Crippen molar-refractivity contribution >= 4 is 5.95 Å². The molecule has 5 heteroatoms. The minimum atomic E-state index is 0.0907. The third-order valence-corrected chi connectivity index (χ3v) is 2.33. The van der Waals surface area contributed by atoms with Gasteiger partial charge < -0.3 is 15.7 Å². The van der Waals surface area contributed by atoms with Crippen molar-refractivity contribution in [3.05, 3.63) is 17.5 Å². The normalized spacial score (nSPS) is 10.9. The Morgan fingerprint density at radius 2 is 2.12 bits per heavy atom. The number of aryl methyl sites for hydroxylation is 1. The second-order valence-corrected chi connectivity index (χ2v) is 4.02. The standard InChI is InChI=1S/C11H20N4O/c1-8(2)15(4-5-16)11-13-9(3)6-10(7-12)14-11/h6,8,16H,4-5,7,12H2,1-3H3. The van der Waals surface area contributed by atoms with E-state index >= 15 is 0 Å². The second kappa shape index (κ2) is 5.77. The largest absolute Gasteiger partial charge is 0.395 e. The molecule has 90 valence electrons. The van der Waals surface area contributed by atoms with E-state index in [2.05, 4.69) is 9.97 Å². The SMILES string of the molecule is Cc1cc(CN)nc(N(CCO)C(C)C)n1. The summed E-state index contributed by atoms with van der Waals surface area (Å²) in [5.41, 5.74) is 7.30. The third-order valence-electron chi connectivity index (χ3n) is 2.33. The van der Waals surface area contributed by atoms with Gasteiger partial charge in [-0.25, -0.2) is 9.97 Å². The number of anilines is 1. The fraction of sp³-hybridized carbons (Fsp3) is 0.636. The van der Waals surface area contributed by atoms with Gasteiger partial charge in [0.05, 0.1) is 12.3 Å². The highest BCUT2D eigenvalue weighted by Gasteiger charge is 2.13. The highest BCUT2D eigenvalue weighted by molar-refractivity contribution is 5.33. The van der Waals surface area contributed by atoms with Gasteiger partial charge in [-0.3, -0.25) is 0 Å². The van der Waals surface area contributed by atoms with Gasteiger partial charge in [-0.15, -0.1) is 0 Å². The molecule has 1 rings (SSSR count). The Bertz CT molecular complexity index is 341.